The second-order valence-corrected chi connectivity index (χ2v) is 9.06. The van der Waals surface area contributed by atoms with Crippen molar-refractivity contribution in [2.24, 2.45) is 0 Å². The highest BCUT2D eigenvalue weighted by atomic mass is 16.5. The Morgan fingerprint density at radius 3 is 2.00 bits per heavy atom. The molecule has 182 valence electrons. The molecule has 0 heterocycles. The van der Waals surface area contributed by atoms with Gasteiger partial charge in [-0.3, -0.25) is 4.79 Å². The van der Waals surface area contributed by atoms with Crippen molar-refractivity contribution >= 4 is 18.0 Å². The number of carboxylic acid groups (broad SMARTS) is 1. The van der Waals surface area contributed by atoms with E-state index < -0.39 is 29.0 Å². The SMILES string of the molecule is CCCC(C)(NC(=O)OCC1c2ccccc2-c2ccccc21)C(=O)NC(C)(COC)C(=O)O. The average molecular weight is 469 g/mol. The molecule has 2 atom stereocenters. The summed E-state index contributed by atoms with van der Waals surface area (Å²) in [4.78, 5) is 37.6. The summed E-state index contributed by atoms with van der Waals surface area (Å²) in [6.07, 6.45) is 0.143. The van der Waals surface area contributed by atoms with Crippen molar-refractivity contribution in [3.63, 3.8) is 0 Å². The van der Waals surface area contributed by atoms with Gasteiger partial charge in [-0.25, -0.2) is 9.59 Å². The number of rotatable bonds is 10. The minimum atomic E-state index is -1.64. The van der Waals surface area contributed by atoms with E-state index in [4.69, 9.17) is 9.47 Å². The summed E-state index contributed by atoms with van der Waals surface area (Å²) in [5, 5.41) is 14.7. The Morgan fingerprint density at radius 2 is 1.50 bits per heavy atom. The first-order valence-corrected chi connectivity index (χ1v) is 11.3. The van der Waals surface area contributed by atoms with Crippen LogP contribution in [0.2, 0.25) is 0 Å². The van der Waals surface area contributed by atoms with Crippen molar-refractivity contribution < 1.29 is 29.0 Å². The molecule has 0 spiro atoms. The number of carboxylic acids is 1. The predicted molar refractivity (Wildman–Crippen MR) is 128 cm³/mol. The van der Waals surface area contributed by atoms with Crippen LogP contribution in [-0.2, 0) is 19.1 Å². The lowest BCUT2D eigenvalue weighted by Gasteiger charge is -2.34. The van der Waals surface area contributed by atoms with Gasteiger partial charge < -0.3 is 25.2 Å². The number of alkyl carbamates (subject to hydrolysis) is 1. The largest absolute Gasteiger partial charge is 0.479 e. The standard InChI is InChI=1S/C26H32N2O6/c1-5-14-25(2,22(29)27-26(3,16-33-4)23(30)31)28-24(32)34-15-21-19-12-8-6-10-17(19)18-11-7-9-13-20(18)21/h6-13,21H,5,14-16H2,1-4H3,(H,27,29)(H,28,32)(H,30,31). The van der Waals surface area contributed by atoms with E-state index >= 15 is 0 Å². The highest BCUT2D eigenvalue weighted by Gasteiger charge is 2.42. The third kappa shape index (κ3) is 5.07. The van der Waals surface area contributed by atoms with Gasteiger partial charge in [-0.1, -0.05) is 61.9 Å². The van der Waals surface area contributed by atoms with Gasteiger partial charge in [0, 0.05) is 13.0 Å². The number of hydrogen-bond acceptors (Lipinski definition) is 5. The van der Waals surface area contributed by atoms with Crippen LogP contribution in [0.5, 0.6) is 0 Å². The zero-order valence-electron chi connectivity index (χ0n) is 20.0. The summed E-state index contributed by atoms with van der Waals surface area (Å²) in [5.41, 5.74) is 1.41. The van der Waals surface area contributed by atoms with E-state index in [1.54, 1.807) is 6.92 Å². The first kappa shape index (κ1) is 25.2. The Labute approximate surface area is 199 Å². The highest BCUT2D eigenvalue weighted by Crippen LogP contribution is 2.44. The summed E-state index contributed by atoms with van der Waals surface area (Å²) in [7, 11) is 1.35. The highest BCUT2D eigenvalue weighted by molar-refractivity contribution is 5.94. The molecule has 2 aromatic carbocycles. The maximum Gasteiger partial charge on any atom is 0.408 e. The van der Waals surface area contributed by atoms with Gasteiger partial charge in [-0.2, -0.15) is 0 Å². The molecule has 2 amide bonds. The molecule has 8 nitrogen and oxygen atoms in total. The maximum atomic E-state index is 13.1. The number of aliphatic carboxylic acids is 1. The zero-order valence-corrected chi connectivity index (χ0v) is 20.0. The van der Waals surface area contributed by atoms with E-state index in [1.165, 1.54) is 14.0 Å². The Kier molecular flexibility index (Phi) is 7.61. The van der Waals surface area contributed by atoms with Gasteiger partial charge in [0.2, 0.25) is 5.91 Å². The molecule has 0 radical (unpaired) electrons. The molecule has 1 aliphatic carbocycles. The molecule has 34 heavy (non-hydrogen) atoms. The molecule has 2 unspecified atom stereocenters. The summed E-state index contributed by atoms with van der Waals surface area (Å²) in [6, 6.07) is 16.0. The van der Waals surface area contributed by atoms with E-state index in [2.05, 4.69) is 22.8 Å². The van der Waals surface area contributed by atoms with E-state index in [9.17, 15) is 19.5 Å². The van der Waals surface area contributed by atoms with Crippen molar-refractivity contribution in [3.8, 4) is 11.1 Å². The van der Waals surface area contributed by atoms with Gasteiger partial charge in [0.15, 0.2) is 5.54 Å². The molecule has 0 aromatic heterocycles. The van der Waals surface area contributed by atoms with Gasteiger partial charge in [0.05, 0.1) is 6.61 Å². The minimum Gasteiger partial charge on any atom is -0.479 e. The molecule has 3 N–H and O–H groups in total. The molecule has 2 aromatic rings. The average Bonchev–Trinajstić information content (AvgIpc) is 3.11. The number of benzene rings is 2. The molecule has 3 rings (SSSR count). The number of nitrogens with one attached hydrogen (secondary N) is 2. The third-order valence-electron chi connectivity index (χ3n) is 6.27. The van der Waals surface area contributed by atoms with Crippen molar-refractivity contribution in [1.82, 2.24) is 10.6 Å². The molecular formula is C26H32N2O6. The van der Waals surface area contributed by atoms with Crippen molar-refractivity contribution in [2.75, 3.05) is 20.3 Å². The first-order valence-electron chi connectivity index (χ1n) is 11.3. The van der Waals surface area contributed by atoms with Gasteiger partial charge in [0.25, 0.3) is 0 Å². The van der Waals surface area contributed by atoms with Crippen LogP contribution in [0.1, 0.15) is 50.7 Å². The van der Waals surface area contributed by atoms with Crippen molar-refractivity contribution in [1.29, 1.82) is 0 Å². The minimum absolute atomic E-state index is 0.110. The summed E-state index contributed by atoms with van der Waals surface area (Å²) < 4.78 is 10.6. The van der Waals surface area contributed by atoms with E-state index in [0.29, 0.717) is 12.8 Å². The fourth-order valence-corrected chi connectivity index (χ4v) is 4.42. The van der Waals surface area contributed by atoms with Gasteiger partial charge in [-0.15, -0.1) is 0 Å². The summed E-state index contributed by atoms with van der Waals surface area (Å²) in [5.74, 6) is -1.96. The Balaban J connectivity index is 1.72. The van der Waals surface area contributed by atoms with Gasteiger partial charge in [-0.05, 0) is 42.5 Å². The monoisotopic (exact) mass is 468 g/mol. The third-order valence-corrected chi connectivity index (χ3v) is 6.27. The fourth-order valence-electron chi connectivity index (χ4n) is 4.42. The summed E-state index contributed by atoms with van der Waals surface area (Å²) >= 11 is 0. The van der Waals surface area contributed by atoms with Crippen LogP contribution >= 0.6 is 0 Å². The van der Waals surface area contributed by atoms with Crippen LogP contribution in [0.25, 0.3) is 11.1 Å². The quantitative estimate of drug-likeness (QED) is 0.490. The molecule has 0 aliphatic heterocycles. The molecular weight excluding hydrogens is 436 g/mol. The van der Waals surface area contributed by atoms with E-state index in [1.807, 2.05) is 43.3 Å². The van der Waals surface area contributed by atoms with Crippen LogP contribution in [0.4, 0.5) is 4.79 Å². The first-order chi connectivity index (χ1) is 16.1. The Bertz CT molecular complexity index is 1030. The number of carbonyl (C=O) groups excluding carboxylic acids is 2. The molecule has 8 heteroatoms. The number of ether oxygens (including phenoxy) is 2. The second-order valence-electron chi connectivity index (χ2n) is 9.06. The van der Waals surface area contributed by atoms with E-state index in [0.717, 1.165) is 22.3 Å². The maximum absolute atomic E-state index is 13.1. The Morgan fingerprint density at radius 1 is 0.941 bits per heavy atom. The second kappa shape index (κ2) is 10.3. The van der Waals surface area contributed by atoms with Crippen LogP contribution < -0.4 is 10.6 Å². The van der Waals surface area contributed by atoms with Gasteiger partial charge in [0.1, 0.15) is 12.1 Å². The fraction of sp³-hybridized carbons (Fsp3) is 0.423. The van der Waals surface area contributed by atoms with Crippen LogP contribution in [-0.4, -0.2) is 54.5 Å². The smallest absolute Gasteiger partial charge is 0.408 e. The molecule has 0 saturated heterocycles. The van der Waals surface area contributed by atoms with Crippen molar-refractivity contribution in [3.05, 3.63) is 59.7 Å². The topological polar surface area (TPSA) is 114 Å². The predicted octanol–water partition coefficient (Wildman–Crippen LogP) is 3.69. The number of methoxy groups -OCH3 is 1. The number of carbonyl (C=O) groups is 3. The number of amides is 2. The van der Waals surface area contributed by atoms with Gasteiger partial charge >= 0.3 is 12.1 Å². The molecule has 0 fully saturated rings. The lowest BCUT2D eigenvalue weighted by atomic mass is 9.92. The van der Waals surface area contributed by atoms with E-state index in [-0.39, 0.29) is 19.1 Å². The summed E-state index contributed by atoms with van der Waals surface area (Å²) in [6.45, 7) is 4.68. The zero-order chi connectivity index (χ0) is 24.9. The Hall–Kier alpha value is -3.39. The lowest BCUT2D eigenvalue weighted by Crippen LogP contribution is -2.64. The van der Waals surface area contributed by atoms with Crippen LogP contribution in [0.3, 0.4) is 0 Å². The number of hydrogen-bond donors (Lipinski definition) is 3. The molecule has 0 saturated carbocycles. The normalized spacial score (nSPS) is 15.9. The number of fused-ring (bicyclic) bond motifs is 3. The molecule has 0 bridgehead atoms. The lowest BCUT2D eigenvalue weighted by molar-refractivity contribution is -0.150. The van der Waals surface area contributed by atoms with Crippen LogP contribution in [0.15, 0.2) is 48.5 Å². The van der Waals surface area contributed by atoms with Crippen molar-refractivity contribution in [2.45, 2.75) is 50.6 Å². The molecule has 1 aliphatic rings. The van der Waals surface area contributed by atoms with Crippen LogP contribution in [0, 0.1) is 0 Å².